The molecule has 5 rings (SSSR count). The maximum atomic E-state index is 13.0. The number of ketones is 1. The van der Waals surface area contributed by atoms with Gasteiger partial charge < -0.3 is 9.84 Å². The van der Waals surface area contributed by atoms with E-state index in [2.05, 4.69) is 20.8 Å². The summed E-state index contributed by atoms with van der Waals surface area (Å²) >= 11 is 0. The topological polar surface area (TPSA) is 63.6 Å². The molecule has 4 heteroatoms. The molecule has 0 bridgehead atoms. The van der Waals surface area contributed by atoms with Crippen molar-refractivity contribution in [1.82, 2.24) is 0 Å². The zero-order valence-electron chi connectivity index (χ0n) is 23.2. The van der Waals surface area contributed by atoms with E-state index >= 15 is 0 Å². The maximum absolute atomic E-state index is 13.0. The number of rotatable bonds is 5. The molecule has 0 saturated heterocycles. The lowest BCUT2D eigenvalue weighted by atomic mass is 9.41. The Morgan fingerprint density at radius 3 is 2.26 bits per heavy atom. The summed E-state index contributed by atoms with van der Waals surface area (Å²) in [5.41, 5.74) is 1.40. The Kier molecular flexibility index (Phi) is 5.77. The highest BCUT2D eigenvalue weighted by atomic mass is 16.5. The van der Waals surface area contributed by atoms with Crippen molar-refractivity contribution in [1.29, 1.82) is 0 Å². The first-order chi connectivity index (χ1) is 16.3. The van der Waals surface area contributed by atoms with E-state index in [0.717, 1.165) is 31.3 Å². The van der Waals surface area contributed by atoms with Crippen LogP contribution in [0, 0.1) is 50.7 Å². The van der Waals surface area contributed by atoms with Crippen LogP contribution in [0.25, 0.3) is 0 Å². The Morgan fingerprint density at radius 1 is 0.943 bits per heavy atom. The highest BCUT2D eigenvalue weighted by molar-refractivity contribution is 5.90. The molecule has 2 unspecified atom stereocenters. The van der Waals surface area contributed by atoms with Gasteiger partial charge in [-0.05, 0) is 130 Å². The lowest BCUT2D eigenvalue weighted by molar-refractivity contribution is -0.191. The van der Waals surface area contributed by atoms with Gasteiger partial charge in [0.05, 0.1) is 18.6 Å². The molecule has 5 aliphatic carbocycles. The third-order valence-electron chi connectivity index (χ3n) is 13.1. The monoisotopic (exact) mass is 484 g/mol. The third-order valence-corrected chi connectivity index (χ3v) is 13.1. The first-order valence-electron chi connectivity index (χ1n) is 14.3. The Balaban J connectivity index is 1.43. The van der Waals surface area contributed by atoms with Crippen LogP contribution in [0.3, 0.4) is 0 Å². The molecule has 2 spiro atoms. The number of carbonyl (C=O) groups is 2. The molecule has 196 valence electrons. The minimum absolute atomic E-state index is 0.200. The second-order valence-corrected chi connectivity index (χ2v) is 14.3. The second kappa shape index (κ2) is 7.92. The minimum atomic E-state index is -0.777. The largest absolute Gasteiger partial charge is 0.469 e. The number of esters is 1. The summed E-state index contributed by atoms with van der Waals surface area (Å²) in [6, 6.07) is 0. The molecular weight excluding hydrogens is 436 g/mol. The fourth-order valence-electron chi connectivity index (χ4n) is 11.4. The quantitative estimate of drug-likeness (QED) is 0.357. The molecule has 0 radical (unpaired) electrons. The molecule has 4 nitrogen and oxygen atoms in total. The van der Waals surface area contributed by atoms with Crippen LogP contribution in [-0.2, 0) is 14.3 Å². The summed E-state index contributed by atoms with van der Waals surface area (Å²) in [4.78, 5) is 25.7. The van der Waals surface area contributed by atoms with Crippen LogP contribution in [0.1, 0.15) is 106 Å². The molecule has 0 aliphatic heterocycles. The number of methoxy groups -OCH3 is 1. The molecule has 10 atom stereocenters. The SMILES string of the molecule is COC(=O)[C@@]1(C)C2CCC3[C@]4(CC[C@]5(C)[C@@H]([C@H](C)CC(=O)C=C(C)C)CC[C@@]35C)C[C@]24CC[C@@H]1O. The average Bonchev–Trinajstić information content (AvgIpc) is 3.37. The van der Waals surface area contributed by atoms with Crippen molar-refractivity contribution >= 4 is 11.8 Å². The number of fused-ring (bicyclic) bond motifs is 2. The number of hydrogen-bond acceptors (Lipinski definition) is 4. The summed E-state index contributed by atoms with van der Waals surface area (Å²) in [5, 5.41) is 11.0. The molecular formula is C31H48O4. The van der Waals surface area contributed by atoms with Crippen LogP contribution in [0.2, 0.25) is 0 Å². The van der Waals surface area contributed by atoms with Crippen molar-refractivity contribution in [3.63, 3.8) is 0 Å². The van der Waals surface area contributed by atoms with Crippen LogP contribution in [-0.4, -0.2) is 30.1 Å². The number of aliphatic hydroxyl groups is 1. The summed E-state index contributed by atoms with van der Waals surface area (Å²) in [5.74, 6) is 2.00. The van der Waals surface area contributed by atoms with E-state index in [1.165, 1.54) is 39.2 Å². The number of ether oxygens (including phenoxy) is 1. The molecule has 35 heavy (non-hydrogen) atoms. The van der Waals surface area contributed by atoms with Gasteiger partial charge in [0.1, 0.15) is 0 Å². The van der Waals surface area contributed by atoms with Gasteiger partial charge in [-0.2, -0.15) is 0 Å². The Hall–Kier alpha value is -1.16. The van der Waals surface area contributed by atoms with Crippen LogP contribution < -0.4 is 0 Å². The summed E-state index contributed by atoms with van der Waals surface area (Å²) in [7, 11) is 1.48. The highest BCUT2D eigenvalue weighted by Gasteiger charge is 2.83. The van der Waals surface area contributed by atoms with E-state index in [-0.39, 0.29) is 33.9 Å². The zero-order chi connectivity index (χ0) is 25.6. The molecule has 0 aromatic heterocycles. The van der Waals surface area contributed by atoms with E-state index in [4.69, 9.17) is 4.74 Å². The van der Waals surface area contributed by atoms with Crippen molar-refractivity contribution in [2.24, 2.45) is 50.7 Å². The Morgan fingerprint density at radius 2 is 1.60 bits per heavy atom. The normalized spacial score (nSPS) is 50.6. The molecule has 0 heterocycles. The van der Waals surface area contributed by atoms with Gasteiger partial charge in [0, 0.05) is 6.42 Å². The van der Waals surface area contributed by atoms with Crippen molar-refractivity contribution in [2.45, 2.75) is 112 Å². The predicted octanol–water partition coefficient (Wildman–Crippen LogP) is 6.50. The van der Waals surface area contributed by atoms with E-state index in [9.17, 15) is 14.7 Å². The van der Waals surface area contributed by atoms with Gasteiger partial charge in [-0.25, -0.2) is 0 Å². The molecule has 0 aromatic rings. The number of aliphatic hydroxyl groups excluding tert-OH is 1. The van der Waals surface area contributed by atoms with Crippen molar-refractivity contribution < 1.29 is 19.4 Å². The van der Waals surface area contributed by atoms with Gasteiger partial charge in [0.2, 0.25) is 0 Å². The molecule has 5 fully saturated rings. The van der Waals surface area contributed by atoms with E-state index in [1.54, 1.807) is 0 Å². The lowest BCUT2D eigenvalue weighted by Gasteiger charge is -2.63. The fraction of sp³-hybridized carbons (Fsp3) is 0.871. The summed E-state index contributed by atoms with van der Waals surface area (Å²) < 4.78 is 5.28. The Bertz CT molecular complexity index is 950. The third kappa shape index (κ3) is 3.07. The van der Waals surface area contributed by atoms with Gasteiger partial charge in [0.15, 0.2) is 5.78 Å². The lowest BCUT2D eigenvalue weighted by Crippen LogP contribution is -2.60. The summed E-state index contributed by atoms with van der Waals surface area (Å²) in [6.45, 7) is 13.5. The van der Waals surface area contributed by atoms with Crippen molar-refractivity contribution in [3.05, 3.63) is 11.6 Å². The highest BCUT2D eigenvalue weighted by Crippen LogP contribution is 2.89. The Labute approximate surface area is 212 Å². The molecule has 5 saturated carbocycles. The minimum Gasteiger partial charge on any atom is -0.469 e. The van der Waals surface area contributed by atoms with E-state index in [0.29, 0.717) is 29.6 Å². The number of hydrogen-bond donors (Lipinski definition) is 1. The van der Waals surface area contributed by atoms with Crippen LogP contribution in [0.15, 0.2) is 11.6 Å². The van der Waals surface area contributed by atoms with Gasteiger partial charge in [-0.15, -0.1) is 0 Å². The smallest absolute Gasteiger partial charge is 0.314 e. The molecule has 5 aliphatic rings. The van der Waals surface area contributed by atoms with Crippen LogP contribution in [0.4, 0.5) is 0 Å². The van der Waals surface area contributed by atoms with E-state index in [1.807, 2.05) is 26.8 Å². The zero-order valence-corrected chi connectivity index (χ0v) is 23.2. The molecule has 0 aromatic carbocycles. The number of allylic oxidation sites excluding steroid dienone is 2. The van der Waals surface area contributed by atoms with Crippen molar-refractivity contribution in [2.75, 3.05) is 7.11 Å². The average molecular weight is 485 g/mol. The van der Waals surface area contributed by atoms with Gasteiger partial charge >= 0.3 is 5.97 Å². The molecule has 0 amide bonds. The van der Waals surface area contributed by atoms with Gasteiger partial charge in [-0.1, -0.05) is 26.3 Å². The van der Waals surface area contributed by atoms with Gasteiger partial charge in [0.25, 0.3) is 0 Å². The van der Waals surface area contributed by atoms with Crippen LogP contribution >= 0.6 is 0 Å². The fourth-order valence-corrected chi connectivity index (χ4v) is 11.4. The second-order valence-electron chi connectivity index (χ2n) is 14.3. The molecule has 1 N–H and O–H groups in total. The van der Waals surface area contributed by atoms with Crippen molar-refractivity contribution in [3.8, 4) is 0 Å². The van der Waals surface area contributed by atoms with Crippen LogP contribution in [0.5, 0.6) is 0 Å². The first-order valence-corrected chi connectivity index (χ1v) is 14.3. The maximum Gasteiger partial charge on any atom is 0.314 e. The summed E-state index contributed by atoms with van der Waals surface area (Å²) in [6.07, 6.45) is 12.1. The number of carbonyl (C=O) groups excluding carboxylic acids is 2. The van der Waals surface area contributed by atoms with Gasteiger partial charge in [-0.3, -0.25) is 9.59 Å². The standard InChI is InChI=1S/C31H48O4/c1-19(2)16-21(32)17-20(3)22-10-12-28(5)23-8-9-24-29(6,26(34)35-7)25(33)11-13-30(24)18-31(23,30)15-14-27(22,28)4/h16,20,22-25,33H,8-15,17-18H2,1-7H3/t20-,22-,23?,24?,25+,27-,28+,29+,30-,31+/m1/s1. The first kappa shape index (κ1) is 25.5. The van der Waals surface area contributed by atoms with E-state index < -0.39 is 11.5 Å². The predicted molar refractivity (Wildman–Crippen MR) is 137 cm³/mol.